The van der Waals surface area contributed by atoms with Crippen molar-refractivity contribution < 1.29 is 9.90 Å². The molecule has 0 aliphatic heterocycles. The molecule has 2 rings (SSSR count). The number of nitrogens with one attached hydrogen (secondary N) is 1. The topological polar surface area (TPSA) is 52.6 Å². The summed E-state index contributed by atoms with van der Waals surface area (Å²) >= 11 is 0. The maximum absolute atomic E-state index is 11.7. The highest BCUT2D eigenvalue weighted by Gasteiger charge is 2.26. The van der Waals surface area contributed by atoms with Crippen LogP contribution in [0, 0.1) is 0 Å². The molecule has 0 bridgehead atoms. The average molecular weight is 234 g/mol. The summed E-state index contributed by atoms with van der Waals surface area (Å²) in [4.78, 5) is 13.2. The third kappa shape index (κ3) is 2.42. The Balaban J connectivity index is 2.21. The standard InChI is InChI=1S/C13H18N2O2/c1-15(2)13(17)14-11-7-8-12(16)10-6-4-3-5-9(10)11/h3-6,11-12,16H,7-8H2,1-2H3,(H,14,17)/t11-,12+/m0/s1. The number of hydrogen-bond donors (Lipinski definition) is 2. The first-order valence-corrected chi connectivity index (χ1v) is 5.84. The van der Waals surface area contributed by atoms with Gasteiger partial charge in [0.05, 0.1) is 12.1 Å². The van der Waals surface area contributed by atoms with Crippen molar-refractivity contribution in [3.05, 3.63) is 35.4 Å². The molecule has 0 spiro atoms. The quantitative estimate of drug-likeness (QED) is 0.779. The van der Waals surface area contributed by atoms with Crippen LogP contribution in [0.2, 0.25) is 0 Å². The van der Waals surface area contributed by atoms with Gasteiger partial charge in [-0.05, 0) is 24.0 Å². The second kappa shape index (κ2) is 4.75. The minimum absolute atomic E-state index is 0.00417. The van der Waals surface area contributed by atoms with Gasteiger partial charge in [0.2, 0.25) is 0 Å². The van der Waals surface area contributed by atoms with Gasteiger partial charge in [-0.1, -0.05) is 24.3 Å². The second-order valence-corrected chi connectivity index (χ2v) is 4.62. The molecule has 92 valence electrons. The number of carbonyl (C=O) groups is 1. The molecule has 0 radical (unpaired) electrons. The monoisotopic (exact) mass is 234 g/mol. The first-order valence-electron chi connectivity index (χ1n) is 5.84. The lowest BCUT2D eigenvalue weighted by molar-refractivity contribution is 0.145. The third-order valence-electron chi connectivity index (χ3n) is 3.16. The number of carbonyl (C=O) groups excluding carboxylic acids is 1. The Bertz CT molecular complexity index is 418. The van der Waals surface area contributed by atoms with Crippen LogP contribution in [0.15, 0.2) is 24.3 Å². The number of aliphatic hydroxyl groups is 1. The van der Waals surface area contributed by atoms with E-state index in [1.165, 1.54) is 4.90 Å². The van der Waals surface area contributed by atoms with E-state index in [9.17, 15) is 9.90 Å². The van der Waals surface area contributed by atoms with Crippen molar-refractivity contribution in [1.82, 2.24) is 10.2 Å². The highest BCUT2D eigenvalue weighted by molar-refractivity contribution is 5.74. The highest BCUT2D eigenvalue weighted by atomic mass is 16.3. The van der Waals surface area contributed by atoms with E-state index < -0.39 is 6.10 Å². The Morgan fingerprint density at radius 3 is 2.59 bits per heavy atom. The fraction of sp³-hybridized carbons (Fsp3) is 0.462. The molecule has 1 aliphatic rings. The number of nitrogens with zero attached hydrogens (tertiary/aromatic N) is 1. The van der Waals surface area contributed by atoms with Gasteiger partial charge in [0.25, 0.3) is 0 Å². The van der Waals surface area contributed by atoms with E-state index in [1.807, 2.05) is 24.3 Å². The normalized spacial score (nSPS) is 22.8. The summed E-state index contributed by atoms with van der Waals surface area (Å²) in [5, 5.41) is 12.9. The summed E-state index contributed by atoms with van der Waals surface area (Å²) in [5.74, 6) is 0. The van der Waals surface area contributed by atoms with E-state index in [0.29, 0.717) is 6.42 Å². The summed E-state index contributed by atoms with van der Waals surface area (Å²) in [6.07, 6.45) is 1.06. The van der Waals surface area contributed by atoms with Crippen LogP contribution in [0.3, 0.4) is 0 Å². The lowest BCUT2D eigenvalue weighted by Gasteiger charge is -2.30. The molecule has 4 nitrogen and oxygen atoms in total. The minimum atomic E-state index is -0.404. The molecule has 1 aliphatic carbocycles. The number of hydrogen-bond acceptors (Lipinski definition) is 2. The summed E-state index contributed by atoms with van der Waals surface area (Å²) in [5.41, 5.74) is 1.96. The van der Waals surface area contributed by atoms with E-state index >= 15 is 0 Å². The van der Waals surface area contributed by atoms with Gasteiger partial charge < -0.3 is 15.3 Å². The molecule has 17 heavy (non-hydrogen) atoms. The van der Waals surface area contributed by atoms with Crippen molar-refractivity contribution in [3.8, 4) is 0 Å². The zero-order valence-electron chi connectivity index (χ0n) is 10.2. The minimum Gasteiger partial charge on any atom is -0.388 e. The fourth-order valence-electron chi connectivity index (χ4n) is 2.20. The molecule has 1 aromatic carbocycles. The lowest BCUT2D eigenvalue weighted by atomic mass is 9.86. The molecule has 0 unspecified atom stereocenters. The maximum Gasteiger partial charge on any atom is 0.317 e. The van der Waals surface area contributed by atoms with Gasteiger partial charge in [0.1, 0.15) is 0 Å². The van der Waals surface area contributed by atoms with Crippen LogP contribution in [0.5, 0.6) is 0 Å². The molecule has 2 atom stereocenters. The Morgan fingerprint density at radius 1 is 1.29 bits per heavy atom. The molecule has 0 aromatic heterocycles. The van der Waals surface area contributed by atoms with E-state index in [4.69, 9.17) is 0 Å². The highest BCUT2D eigenvalue weighted by Crippen LogP contribution is 2.35. The Hall–Kier alpha value is -1.55. The number of benzene rings is 1. The zero-order chi connectivity index (χ0) is 12.4. The number of fused-ring (bicyclic) bond motifs is 1. The van der Waals surface area contributed by atoms with Gasteiger partial charge in [-0.2, -0.15) is 0 Å². The largest absolute Gasteiger partial charge is 0.388 e. The molecule has 0 heterocycles. The lowest BCUT2D eigenvalue weighted by Crippen LogP contribution is -2.38. The van der Waals surface area contributed by atoms with Crippen LogP contribution in [0.1, 0.15) is 36.1 Å². The number of urea groups is 1. The van der Waals surface area contributed by atoms with Gasteiger partial charge in [0, 0.05) is 14.1 Å². The number of rotatable bonds is 1. The Labute approximate surface area is 101 Å². The molecule has 0 fully saturated rings. The summed E-state index contributed by atoms with van der Waals surface area (Å²) in [6.45, 7) is 0. The van der Waals surface area contributed by atoms with Gasteiger partial charge in [0.15, 0.2) is 0 Å². The van der Waals surface area contributed by atoms with E-state index in [2.05, 4.69) is 5.32 Å². The van der Waals surface area contributed by atoms with Gasteiger partial charge >= 0.3 is 6.03 Å². The first kappa shape index (κ1) is 11.9. The smallest absolute Gasteiger partial charge is 0.317 e. The second-order valence-electron chi connectivity index (χ2n) is 4.62. The molecule has 2 amide bonds. The molecular formula is C13H18N2O2. The van der Waals surface area contributed by atoms with Gasteiger partial charge in [-0.15, -0.1) is 0 Å². The summed E-state index contributed by atoms with van der Waals surface area (Å²) in [6, 6.07) is 7.65. The molecule has 0 saturated heterocycles. The molecular weight excluding hydrogens is 216 g/mol. The SMILES string of the molecule is CN(C)C(=O)N[C@H]1CC[C@@H](O)c2ccccc21. The Morgan fingerprint density at radius 2 is 1.94 bits per heavy atom. The summed E-state index contributed by atoms with van der Waals surface area (Å²) in [7, 11) is 3.44. The first-order chi connectivity index (χ1) is 8.09. The van der Waals surface area contributed by atoms with Gasteiger partial charge in [-0.25, -0.2) is 4.79 Å². The van der Waals surface area contributed by atoms with Crippen molar-refractivity contribution >= 4 is 6.03 Å². The Kier molecular flexibility index (Phi) is 3.33. The fourth-order valence-corrected chi connectivity index (χ4v) is 2.20. The average Bonchev–Trinajstić information content (AvgIpc) is 2.33. The van der Waals surface area contributed by atoms with Crippen LogP contribution >= 0.6 is 0 Å². The van der Waals surface area contributed by atoms with Crippen molar-refractivity contribution in [1.29, 1.82) is 0 Å². The van der Waals surface area contributed by atoms with Crippen molar-refractivity contribution in [2.45, 2.75) is 25.0 Å². The summed E-state index contributed by atoms with van der Waals surface area (Å²) < 4.78 is 0. The van der Waals surface area contributed by atoms with E-state index in [0.717, 1.165) is 17.5 Å². The van der Waals surface area contributed by atoms with Crippen LogP contribution in [0.4, 0.5) is 4.79 Å². The third-order valence-corrected chi connectivity index (χ3v) is 3.16. The zero-order valence-corrected chi connectivity index (χ0v) is 10.2. The predicted octanol–water partition coefficient (Wildman–Crippen LogP) is 1.83. The number of amides is 2. The number of aliphatic hydroxyl groups excluding tert-OH is 1. The van der Waals surface area contributed by atoms with E-state index in [-0.39, 0.29) is 12.1 Å². The molecule has 4 heteroatoms. The molecule has 0 saturated carbocycles. The maximum atomic E-state index is 11.7. The molecule has 2 N–H and O–H groups in total. The predicted molar refractivity (Wildman–Crippen MR) is 65.6 cm³/mol. The van der Waals surface area contributed by atoms with Crippen molar-refractivity contribution in [3.63, 3.8) is 0 Å². The van der Waals surface area contributed by atoms with Crippen molar-refractivity contribution in [2.24, 2.45) is 0 Å². The van der Waals surface area contributed by atoms with Gasteiger partial charge in [-0.3, -0.25) is 0 Å². The van der Waals surface area contributed by atoms with Crippen molar-refractivity contribution in [2.75, 3.05) is 14.1 Å². The van der Waals surface area contributed by atoms with E-state index in [1.54, 1.807) is 14.1 Å². The van der Waals surface area contributed by atoms with Crippen LogP contribution in [-0.4, -0.2) is 30.1 Å². The van der Waals surface area contributed by atoms with Crippen LogP contribution < -0.4 is 5.32 Å². The molecule has 1 aromatic rings. The van der Waals surface area contributed by atoms with Crippen LogP contribution in [-0.2, 0) is 0 Å². The van der Waals surface area contributed by atoms with Crippen LogP contribution in [0.25, 0.3) is 0 Å².